The molecule has 0 bridgehead atoms. The van der Waals surface area contributed by atoms with E-state index in [9.17, 15) is 38.4 Å². The molecule has 346 valence electrons. The maximum Gasteiger partial charge on any atom is 0.338 e. The summed E-state index contributed by atoms with van der Waals surface area (Å²) in [4.78, 5) is 112. The fraction of sp³-hybridized carbons (Fsp3) is 0.592. The van der Waals surface area contributed by atoms with Crippen LogP contribution in [0.25, 0.3) is 0 Å². The van der Waals surface area contributed by atoms with Crippen LogP contribution in [0, 0.1) is 35.5 Å². The minimum atomic E-state index is -0.910. The van der Waals surface area contributed by atoms with Crippen molar-refractivity contribution in [2.45, 2.75) is 124 Å². The zero-order valence-corrected chi connectivity index (χ0v) is 39.3. The number of likely N-dealkylation sites (tertiary alicyclic amines) is 1. The average molecular weight is 874 g/mol. The number of likely N-dealkylation sites (N-methyl/N-ethyl adjacent to an activating group) is 2. The van der Waals surface area contributed by atoms with Gasteiger partial charge in [-0.2, -0.15) is 0 Å². The number of amides is 4. The molecule has 10 atom stereocenters. The molecule has 2 N–H and O–H groups in total. The first-order valence-electron chi connectivity index (χ1n) is 22.3. The van der Waals surface area contributed by atoms with Crippen LogP contribution >= 0.6 is 0 Å². The third kappa shape index (κ3) is 13.4. The van der Waals surface area contributed by atoms with E-state index in [1.165, 1.54) is 24.0 Å². The molecule has 14 nitrogen and oxygen atoms in total. The van der Waals surface area contributed by atoms with Crippen LogP contribution in [0.2, 0.25) is 0 Å². The second kappa shape index (κ2) is 24.0. The first kappa shape index (κ1) is 52.1. The Morgan fingerprint density at radius 2 is 1.41 bits per heavy atom. The van der Waals surface area contributed by atoms with Gasteiger partial charge in [0.15, 0.2) is 5.78 Å². The molecule has 0 saturated carbocycles. The topological polar surface area (TPSA) is 180 Å². The van der Waals surface area contributed by atoms with E-state index in [0.29, 0.717) is 43.2 Å². The van der Waals surface area contributed by atoms with E-state index in [2.05, 4.69) is 10.6 Å². The summed E-state index contributed by atoms with van der Waals surface area (Å²) < 4.78 is 5.96. The summed E-state index contributed by atoms with van der Waals surface area (Å²) in [5.74, 6) is -5.38. The highest BCUT2D eigenvalue weighted by molar-refractivity contribution is 5.96. The molecule has 1 fully saturated rings. The molecule has 10 unspecified atom stereocenters. The number of hydrogen-bond acceptors (Lipinski definition) is 10. The lowest BCUT2D eigenvalue weighted by Gasteiger charge is -2.40. The van der Waals surface area contributed by atoms with Crippen LogP contribution in [-0.4, -0.2) is 121 Å². The molecule has 0 aliphatic carbocycles. The van der Waals surface area contributed by atoms with Crippen LogP contribution in [0.3, 0.4) is 0 Å². The van der Waals surface area contributed by atoms with E-state index in [-0.39, 0.29) is 53.2 Å². The third-order valence-electron chi connectivity index (χ3n) is 12.7. The minimum absolute atomic E-state index is 0.0116. The second-order valence-electron chi connectivity index (χ2n) is 18.2. The van der Waals surface area contributed by atoms with E-state index in [4.69, 9.17) is 4.74 Å². The number of nitrogens with one attached hydrogen (secondary N) is 2. The Labute approximate surface area is 374 Å². The molecule has 4 amide bonds. The number of nitrogens with zero attached hydrogens (tertiary/aromatic N) is 3. The number of benzene rings is 2. The van der Waals surface area contributed by atoms with Crippen molar-refractivity contribution in [3.63, 3.8) is 0 Å². The normalized spacial score (nSPS) is 18.3. The predicted molar refractivity (Wildman–Crippen MR) is 241 cm³/mol. The van der Waals surface area contributed by atoms with E-state index in [1.54, 1.807) is 62.2 Å². The van der Waals surface area contributed by atoms with E-state index in [0.717, 1.165) is 6.29 Å². The number of aldehydes is 2. The fourth-order valence-electron chi connectivity index (χ4n) is 8.93. The molecule has 1 saturated heterocycles. The van der Waals surface area contributed by atoms with Gasteiger partial charge in [0.25, 0.3) is 0 Å². The first-order valence-corrected chi connectivity index (χ1v) is 22.3. The van der Waals surface area contributed by atoms with Crippen molar-refractivity contribution < 1.29 is 43.1 Å². The number of carbonyl (C=O) groups excluding carboxylic acids is 8. The second-order valence-corrected chi connectivity index (χ2v) is 18.2. The van der Waals surface area contributed by atoms with Crippen LogP contribution in [0.1, 0.15) is 120 Å². The van der Waals surface area contributed by atoms with Gasteiger partial charge in [-0.1, -0.05) is 97.4 Å². The lowest BCUT2D eigenvalue weighted by molar-refractivity contribution is -0.144. The van der Waals surface area contributed by atoms with Crippen LogP contribution in [0.4, 0.5) is 0 Å². The lowest BCUT2D eigenvalue weighted by Crippen LogP contribution is -2.59. The van der Waals surface area contributed by atoms with Crippen LogP contribution < -0.4 is 10.6 Å². The standard InChI is InChI=1S/C49H71N5O9/c1-13-31(6)44(53(12)48(61)42(29(2)3)51-47(60)43(30(4)5)52(10)11)38(27-55)26-41(58)54-25-17-20-40(54)39(28-56)32(7)46(59)50-33(8)45(36-18-15-14-16-19-36)63-49(62)37-23-21-35(22-24-37)34(9)57/h14-16,18-19,21-24,27-33,38-40,42-45H,13,17,20,25-26H2,1-12H3,(H,50,59)(H,51,60). The number of rotatable bonds is 23. The van der Waals surface area contributed by atoms with Crippen LogP contribution in [0.5, 0.6) is 0 Å². The molecule has 63 heavy (non-hydrogen) atoms. The van der Waals surface area contributed by atoms with Gasteiger partial charge in [-0.3, -0.25) is 28.9 Å². The van der Waals surface area contributed by atoms with Gasteiger partial charge in [0, 0.05) is 55.4 Å². The van der Waals surface area contributed by atoms with Crippen molar-refractivity contribution >= 4 is 48.0 Å². The number of ketones is 1. The highest BCUT2D eigenvalue weighted by Crippen LogP contribution is 2.32. The van der Waals surface area contributed by atoms with Gasteiger partial charge >= 0.3 is 5.97 Å². The number of esters is 1. The summed E-state index contributed by atoms with van der Waals surface area (Å²) in [7, 11) is 5.25. The molecule has 0 aromatic heterocycles. The Morgan fingerprint density at radius 3 is 1.92 bits per heavy atom. The summed E-state index contributed by atoms with van der Waals surface area (Å²) in [6, 6.07) is 11.7. The van der Waals surface area contributed by atoms with Gasteiger partial charge in [-0.05, 0) is 76.2 Å². The quantitative estimate of drug-likeness (QED) is 0.0819. The van der Waals surface area contributed by atoms with Gasteiger partial charge in [-0.25, -0.2) is 4.79 Å². The Hall–Kier alpha value is -5.24. The van der Waals surface area contributed by atoms with Crippen LogP contribution in [0.15, 0.2) is 54.6 Å². The molecular weight excluding hydrogens is 803 g/mol. The highest BCUT2D eigenvalue weighted by Gasteiger charge is 2.43. The van der Waals surface area contributed by atoms with E-state index >= 15 is 0 Å². The van der Waals surface area contributed by atoms with Crippen molar-refractivity contribution in [1.29, 1.82) is 0 Å². The Bertz CT molecular complexity index is 1880. The minimum Gasteiger partial charge on any atom is -0.452 e. The first-order chi connectivity index (χ1) is 29.7. The largest absolute Gasteiger partial charge is 0.452 e. The molecule has 1 aliphatic rings. The van der Waals surface area contributed by atoms with Crippen molar-refractivity contribution in [2.75, 3.05) is 27.7 Å². The summed E-state index contributed by atoms with van der Waals surface area (Å²) in [6.07, 6.45) is 1.96. The zero-order chi connectivity index (χ0) is 47.3. The van der Waals surface area contributed by atoms with Crippen molar-refractivity contribution in [3.05, 3.63) is 71.3 Å². The summed E-state index contributed by atoms with van der Waals surface area (Å²) >= 11 is 0. The predicted octanol–water partition coefficient (Wildman–Crippen LogP) is 5.54. The maximum atomic E-state index is 14.3. The summed E-state index contributed by atoms with van der Waals surface area (Å²) in [6.45, 7) is 16.6. The van der Waals surface area contributed by atoms with Gasteiger partial charge in [0.05, 0.1) is 17.6 Å². The zero-order valence-electron chi connectivity index (χ0n) is 39.3. The van der Waals surface area contributed by atoms with Crippen molar-refractivity contribution in [2.24, 2.45) is 35.5 Å². The van der Waals surface area contributed by atoms with Gasteiger partial charge in [-0.15, -0.1) is 0 Å². The van der Waals surface area contributed by atoms with Gasteiger partial charge < -0.3 is 34.8 Å². The Balaban J connectivity index is 1.80. The molecule has 0 spiro atoms. The molecule has 1 heterocycles. The number of ether oxygens (including phenoxy) is 1. The Morgan fingerprint density at radius 1 is 0.810 bits per heavy atom. The molecular formula is C49H71N5O9. The molecule has 0 radical (unpaired) electrons. The van der Waals surface area contributed by atoms with Gasteiger partial charge in [0.1, 0.15) is 24.7 Å². The smallest absolute Gasteiger partial charge is 0.338 e. The van der Waals surface area contributed by atoms with Crippen molar-refractivity contribution in [1.82, 2.24) is 25.3 Å². The lowest BCUT2D eigenvalue weighted by atomic mass is 9.83. The van der Waals surface area contributed by atoms with E-state index < -0.39 is 65.9 Å². The molecule has 14 heteroatoms. The monoisotopic (exact) mass is 874 g/mol. The average Bonchev–Trinajstić information content (AvgIpc) is 3.73. The molecule has 2 aromatic rings. The number of hydrogen-bond donors (Lipinski definition) is 2. The SMILES string of the molecule is CCC(C)C(C(C=O)CC(=O)N1CCCC1C(C=O)C(C)C(=O)NC(C)C(OC(=O)c1ccc(C(C)=O)cc1)c1ccccc1)N(C)C(=O)C(NC(=O)C(C(C)C)N(C)C)C(C)C. The molecule has 2 aromatic carbocycles. The fourth-order valence-corrected chi connectivity index (χ4v) is 8.93. The number of Topliss-reactive ketones (excluding diaryl/α,β-unsaturated/α-hetero) is 1. The summed E-state index contributed by atoms with van der Waals surface area (Å²) in [5, 5.41) is 5.92. The molecule has 3 rings (SSSR count). The summed E-state index contributed by atoms with van der Waals surface area (Å²) in [5.41, 5.74) is 1.31. The highest BCUT2D eigenvalue weighted by atomic mass is 16.5. The van der Waals surface area contributed by atoms with Crippen molar-refractivity contribution in [3.8, 4) is 0 Å². The molecule has 1 aliphatic heterocycles. The third-order valence-corrected chi connectivity index (χ3v) is 12.7. The Kier molecular flexibility index (Phi) is 19.8. The number of carbonyl (C=O) groups is 8. The maximum absolute atomic E-state index is 14.3. The van der Waals surface area contributed by atoms with Gasteiger partial charge in [0.2, 0.25) is 23.6 Å². The van der Waals surface area contributed by atoms with Crippen LogP contribution in [-0.2, 0) is 33.5 Å². The van der Waals surface area contributed by atoms with E-state index in [1.807, 2.05) is 66.6 Å².